The number of thiocarbonyl (C=S) groups is 1. The van der Waals surface area contributed by atoms with Crippen LogP contribution in [0.2, 0.25) is 0 Å². The summed E-state index contributed by atoms with van der Waals surface area (Å²) in [5.41, 5.74) is 2.81. The standard InChI is InChI=1S/C24H21N5O3S/c1-3-32-24(31)20-18(14-28(27-20)16-10-5-4-6-11-16)21-26-22(30)17(13-25)23(33)29(21)19-12-8-7-9-15(19)2/h4-12,14,17,21H,3H2,1-2H3,(H,26,30)/t17-,21+/m1/s1. The number of para-hydroxylation sites is 2. The second kappa shape index (κ2) is 9.22. The maximum absolute atomic E-state index is 12.8. The van der Waals surface area contributed by atoms with Crippen molar-refractivity contribution >= 4 is 34.8 Å². The molecule has 0 aliphatic carbocycles. The summed E-state index contributed by atoms with van der Waals surface area (Å²) < 4.78 is 6.80. The van der Waals surface area contributed by atoms with E-state index in [0.29, 0.717) is 5.56 Å². The highest BCUT2D eigenvalue weighted by Crippen LogP contribution is 2.35. The Kier molecular flexibility index (Phi) is 6.20. The van der Waals surface area contributed by atoms with Crippen LogP contribution in [-0.2, 0) is 9.53 Å². The van der Waals surface area contributed by atoms with Gasteiger partial charge in [0.15, 0.2) is 11.6 Å². The molecule has 9 heteroatoms. The van der Waals surface area contributed by atoms with Crippen LogP contribution in [0.4, 0.5) is 5.69 Å². The highest BCUT2D eigenvalue weighted by molar-refractivity contribution is 7.80. The lowest BCUT2D eigenvalue weighted by Gasteiger charge is -2.40. The zero-order chi connectivity index (χ0) is 23.5. The summed E-state index contributed by atoms with van der Waals surface area (Å²) in [6.07, 6.45) is 0.820. The number of nitrogens with zero attached hydrogens (tertiary/aromatic N) is 4. The molecule has 1 saturated heterocycles. The molecule has 1 fully saturated rings. The van der Waals surface area contributed by atoms with E-state index in [1.165, 1.54) is 0 Å². The van der Waals surface area contributed by atoms with Crippen molar-refractivity contribution in [2.75, 3.05) is 11.5 Å². The number of hydrogen-bond acceptors (Lipinski definition) is 6. The van der Waals surface area contributed by atoms with Crippen LogP contribution in [0.5, 0.6) is 0 Å². The van der Waals surface area contributed by atoms with E-state index in [1.54, 1.807) is 22.7 Å². The van der Waals surface area contributed by atoms with Gasteiger partial charge >= 0.3 is 5.97 Å². The zero-order valence-electron chi connectivity index (χ0n) is 18.1. The summed E-state index contributed by atoms with van der Waals surface area (Å²) in [5, 5.41) is 16.9. The Labute approximate surface area is 196 Å². The van der Waals surface area contributed by atoms with Gasteiger partial charge in [0.2, 0.25) is 5.91 Å². The first-order chi connectivity index (χ1) is 16.0. The molecule has 1 N–H and O–H groups in total. The smallest absolute Gasteiger partial charge is 0.359 e. The molecule has 0 saturated carbocycles. The third-order valence-corrected chi connectivity index (χ3v) is 5.75. The molecule has 166 valence electrons. The molecule has 1 amide bonds. The predicted molar refractivity (Wildman–Crippen MR) is 126 cm³/mol. The first kappa shape index (κ1) is 22.2. The summed E-state index contributed by atoms with van der Waals surface area (Å²) in [5.74, 6) is -2.28. The number of carbonyl (C=O) groups is 2. The van der Waals surface area contributed by atoms with E-state index in [1.807, 2.05) is 67.6 Å². The second-order valence-electron chi connectivity index (χ2n) is 7.40. The van der Waals surface area contributed by atoms with Gasteiger partial charge in [-0.25, -0.2) is 9.48 Å². The number of nitrogens with one attached hydrogen (secondary N) is 1. The molecule has 0 bridgehead atoms. The van der Waals surface area contributed by atoms with E-state index in [4.69, 9.17) is 17.0 Å². The maximum atomic E-state index is 12.8. The van der Waals surface area contributed by atoms with Crippen molar-refractivity contribution in [3.63, 3.8) is 0 Å². The van der Waals surface area contributed by atoms with Crippen LogP contribution in [0.1, 0.15) is 34.7 Å². The number of ether oxygens (including phenoxy) is 1. The van der Waals surface area contributed by atoms with Gasteiger partial charge in [-0.3, -0.25) is 4.79 Å². The summed E-state index contributed by atoms with van der Waals surface area (Å²) >= 11 is 5.60. The number of carbonyl (C=O) groups excluding carboxylic acids is 2. The minimum atomic E-state index is -1.13. The van der Waals surface area contributed by atoms with Crippen molar-refractivity contribution in [3.8, 4) is 11.8 Å². The van der Waals surface area contributed by atoms with Gasteiger partial charge in [0.05, 0.1) is 18.4 Å². The average Bonchev–Trinajstić information content (AvgIpc) is 3.26. The first-order valence-electron chi connectivity index (χ1n) is 10.4. The molecular weight excluding hydrogens is 438 g/mol. The number of nitriles is 1. The molecule has 33 heavy (non-hydrogen) atoms. The molecule has 2 heterocycles. The summed E-state index contributed by atoms with van der Waals surface area (Å²) in [6.45, 7) is 3.79. The van der Waals surface area contributed by atoms with Gasteiger partial charge in [-0.05, 0) is 37.6 Å². The van der Waals surface area contributed by atoms with Crippen LogP contribution >= 0.6 is 12.2 Å². The Morgan fingerprint density at radius 2 is 1.91 bits per heavy atom. The molecule has 8 nitrogen and oxygen atoms in total. The third-order valence-electron chi connectivity index (χ3n) is 5.31. The van der Waals surface area contributed by atoms with Crippen LogP contribution in [-0.4, -0.2) is 33.3 Å². The summed E-state index contributed by atoms with van der Waals surface area (Å²) in [6, 6.07) is 18.8. The Bertz CT molecular complexity index is 1260. The van der Waals surface area contributed by atoms with Crippen LogP contribution in [0.3, 0.4) is 0 Å². The van der Waals surface area contributed by atoms with Gasteiger partial charge in [0, 0.05) is 17.4 Å². The molecule has 0 spiro atoms. The Morgan fingerprint density at radius 3 is 2.58 bits per heavy atom. The number of hydrogen-bond donors (Lipinski definition) is 1. The Morgan fingerprint density at radius 1 is 1.21 bits per heavy atom. The molecule has 1 aliphatic heterocycles. The lowest BCUT2D eigenvalue weighted by molar-refractivity contribution is -0.123. The van der Waals surface area contributed by atoms with Crippen LogP contribution in [0, 0.1) is 24.2 Å². The van der Waals surface area contributed by atoms with Gasteiger partial charge < -0.3 is 15.0 Å². The number of benzene rings is 2. The number of aromatic nitrogens is 2. The first-order valence-corrected chi connectivity index (χ1v) is 10.8. The predicted octanol–water partition coefficient (Wildman–Crippen LogP) is 3.46. The fraction of sp³-hybridized carbons (Fsp3) is 0.208. The second-order valence-corrected chi connectivity index (χ2v) is 7.82. The fourth-order valence-corrected chi connectivity index (χ4v) is 4.11. The van der Waals surface area contributed by atoms with Gasteiger partial charge in [0.1, 0.15) is 11.2 Å². The summed E-state index contributed by atoms with van der Waals surface area (Å²) in [7, 11) is 0. The van der Waals surface area contributed by atoms with Crippen molar-refractivity contribution in [2.45, 2.75) is 20.0 Å². The van der Waals surface area contributed by atoms with E-state index in [2.05, 4.69) is 10.4 Å². The van der Waals surface area contributed by atoms with E-state index in [-0.39, 0.29) is 17.3 Å². The summed E-state index contributed by atoms with van der Waals surface area (Å²) in [4.78, 5) is 27.5. The van der Waals surface area contributed by atoms with Gasteiger partial charge in [-0.15, -0.1) is 0 Å². The van der Waals surface area contributed by atoms with E-state index in [0.717, 1.165) is 16.9 Å². The fourth-order valence-electron chi connectivity index (χ4n) is 3.74. The number of anilines is 1. The quantitative estimate of drug-likeness (QED) is 0.461. The number of amides is 1. The lowest BCUT2D eigenvalue weighted by Crippen LogP contribution is -2.56. The van der Waals surface area contributed by atoms with Gasteiger partial charge in [0.25, 0.3) is 0 Å². The highest BCUT2D eigenvalue weighted by atomic mass is 32.1. The molecule has 2 aromatic carbocycles. The molecule has 0 radical (unpaired) electrons. The van der Waals surface area contributed by atoms with E-state index in [9.17, 15) is 14.9 Å². The van der Waals surface area contributed by atoms with E-state index < -0.39 is 24.0 Å². The zero-order valence-corrected chi connectivity index (χ0v) is 18.9. The van der Waals surface area contributed by atoms with E-state index >= 15 is 0 Å². The normalized spacial score (nSPS) is 17.9. The van der Waals surface area contributed by atoms with Crippen molar-refractivity contribution in [1.82, 2.24) is 15.1 Å². The third kappa shape index (κ3) is 4.08. The Balaban J connectivity index is 1.90. The van der Waals surface area contributed by atoms with Crippen LogP contribution in [0.15, 0.2) is 60.8 Å². The average molecular weight is 460 g/mol. The monoisotopic (exact) mass is 459 g/mol. The molecule has 4 rings (SSSR count). The topological polar surface area (TPSA) is 100 Å². The molecule has 1 aliphatic rings. The SMILES string of the molecule is CCOC(=O)c1nn(-c2ccccc2)cc1[C@H]1NC(=O)[C@@H](C#N)C(=S)N1c1ccccc1C. The Hall–Kier alpha value is -4.03. The van der Waals surface area contributed by atoms with Gasteiger partial charge in [-0.2, -0.15) is 10.4 Å². The highest BCUT2D eigenvalue weighted by Gasteiger charge is 2.42. The number of aryl methyl sites for hydroxylation is 1. The number of esters is 1. The minimum absolute atomic E-state index is 0.0581. The van der Waals surface area contributed by atoms with Crippen LogP contribution in [0.25, 0.3) is 5.69 Å². The minimum Gasteiger partial charge on any atom is -0.461 e. The molecule has 3 aromatic rings. The van der Waals surface area contributed by atoms with Crippen molar-refractivity contribution in [2.24, 2.45) is 5.92 Å². The largest absolute Gasteiger partial charge is 0.461 e. The van der Waals surface area contributed by atoms with Gasteiger partial charge in [-0.1, -0.05) is 48.6 Å². The lowest BCUT2D eigenvalue weighted by atomic mass is 10.0. The van der Waals surface area contributed by atoms with Crippen molar-refractivity contribution in [3.05, 3.63) is 77.6 Å². The maximum Gasteiger partial charge on any atom is 0.359 e. The molecular formula is C24H21N5O3S. The molecule has 1 aromatic heterocycles. The molecule has 2 atom stereocenters. The van der Waals surface area contributed by atoms with Crippen LogP contribution < -0.4 is 10.2 Å². The number of rotatable bonds is 5. The van der Waals surface area contributed by atoms with Crippen molar-refractivity contribution < 1.29 is 14.3 Å². The molecule has 0 unspecified atom stereocenters. The van der Waals surface area contributed by atoms with Crippen molar-refractivity contribution in [1.29, 1.82) is 5.26 Å².